The average Bonchev–Trinajstić information content (AvgIpc) is 3.54. The van der Waals surface area contributed by atoms with E-state index in [1.54, 1.807) is 0 Å². The predicted molar refractivity (Wildman–Crippen MR) is 181 cm³/mol. The van der Waals surface area contributed by atoms with Crippen LogP contribution >= 0.6 is 11.3 Å². The summed E-state index contributed by atoms with van der Waals surface area (Å²) < 4.78 is 11.0. The Morgan fingerprint density at radius 3 is 2.21 bits per heavy atom. The van der Waals surface area contributed by atoms with Gasteiger partial charge in [-0.1, -0.05) is 79.1 Å². The number of rotatable bonds is 7. The fraction of sp³-hybridized carbons (Fsp3) is 0.189. The molecule has 0 amide bonds. The molecule has 0 saturated heterocycles. The van der Waals surface area contributed by atoms with Crippen LogP contribution in [0.5, 0.6) is 0 Å². The Morgan fingerprint density at radius 2 is 1.43 bits per heavy atom. The minimum absolute atomic E-state index is 0.00226. The molecule has 2 aromatic heterocycles. The summed E-state index contributed by atoms with van der Waals surface area (Å²) in [5, 5.41) is 15.4. The van der Waals surface area contributed by atoms with Crippen LogP contribution in [0.25, 0.3) is 58.8 Å². The third-order valence-electron chi connectivity index (χ3n) is 8.75. The maximum absolute atomic E-state index is 10.4. The lowest BCUT2D eigenvalue weighted by Crippen LogP contribution is -2.39. The van der Waals surface area contributed by atoms with Gasteiger partial charge in [-0.2, -0.15) is 0 Å². The summed E-state index contributed by atoms with van der Waals surface area (Å²) in [5.74, 6) is -0.00226. The second kappa shape index (κ2) is 10.4. The van der Waals surface area contributed by atoms with Gasteiger partial charge in [0.25, 0.3) is 0 Å². The molecule has 0 aliphatic carbocycles. The highest BCUT2D eigenvalue weighted by Crippen LogP contribution is 2.41. The third kappa shape index (κ3) is 4.62. The van der Waals surface area contributed by atoms with E-state index in [0.717, 1.165) is 11.2 Å². The lowest BCUT2D eigenvalue weighted by Gasteiger charge is -2.31. The molecule has 0 bridgehead atoms. The number of benzene rings is 5. The van der Waals surface area contributed by atoms with Gasteiger partial charge in [-0.25, -0.2) is 0 Å². The van der Waals surface area contributed by atoms with Crippen LogP contribution in [0, 0.1) is 5.92 Å². The van der Waals surface area contributed by atoms with Crippen LogP contribution in [0.15, 0.2) is 109 Å². The fourth-order valence-corrected chi connectivity index (χ4v) is 7.10. The van der Waals surface area contributed by atoms with Crippen molar-refractivity contribution in [2.24, 2.45) is 5.92 Å². The first-order valence-electron chi connectivity index (χ1n) is 14.5. The van der Waals surface area contributed by atoms with E-state index in [9.17, 15) is 5.11 Å². The average molecular weight is 567 g/mol. The molecule has 1 unspecified atom stereocenters. The van der Waals surface area contributed by atoms with E-state index in [-0.39, 0.29) is 12.0 Å². The molecular weight excluding hydrogens is 533 g/mol. The minimum atomic E-state index is -0.798. The van der Waals surface area contributed by atoms with Gasteiger partial charge in [-0.05, 0) is 79.7 Å². The van der Waals surface area contributed by atoms with E-state index in [0.29, 0.717) is 0 Å². The number of aliphatic hydroxyl groups is 1. The Labute approximate surface area is 251 Å². The SMILES string of the molecule is CC(O[B]c1ccc2sc3ccc(-c4cccc5c4c4ccccc4n5-c4ccccc4)cc3c2c1)[C@H](C)C(C)(C)O. The number of para-hydroxylation sites is 2. The van der Waals surface area contributed by atoms with Gasteiger partial charge in [0, 0.05) is 43.3 Å². The van der Waals surface area contributed by atoms with Crippen molar-refractivity contribution in [2.45, 2.75) is 39.4 Å². The van der Waals surface area contributed by atoms with E-state index >= 15 is 0 Å². The number of nitrogens with zero attached hydrogens (tertiary/aromatic N) is 1. The Balaban J connectivity index is 1.33. The molecule has 0 fully saturated rings. The number of thiophene rings is 1. The summed E-state index contributed by atoms with van der Waals surface area (Å²) in [7, 11) is 1.83. The second-order valence-corrected chi connectivity index (χ2v) is 12.9. The topological polar surface area (TPSA) is 34.4 Å². The number of hydrogen-bond acceptors (Lipinski definition) is 3. The molecule has 5 heteroatoms. The molecule has 0 aliphatic rings. The van der Waals surface area contributed by atoms with Crippen molar-refractivity contribution in [3.05, 3.63) is 109 Å². The maximum Gasteiger partial charge on any atom is 0.330 e. The second-order valence-electron chi connectivity index (χ2n) is 11.9. The normalized spacial score (nSPS) is 13.7. The van der Waals surface area contributed by atoms with Gasteiger partial charge in [0.1, 0.15) is 0 Å². The van der Waals surface area contributed by atoms with Gasteiger partial charge >= 0.3 is 7.48 Å². The summed E-state index contributed by atoms with van der Waals surface area (Å²) >= 11 is 1.82. The molecule has 1 N–H and O–H groups in total. The van der Waals surface area contributed by atoms with Crippen LogP contribution in [0.3, 0.4) is 0 Å². The van der Waals surface area contributed by atoms with Gasteiger partial charge in [-0.15, -0.1) is 11.3 Å². The fourth-order valence-electron chi connectivity index (χ4n) is 6.03. The quantitative estimate of drug-likeness (QED) is 0.196. The van der Waals surface area contributed by atoms with Crippen LogP contribution in [0.2, 0.25) is 0 Å². The zero-order chi connectivity index (χ0) is 29.0. The van der Waals surface area contributed by atoms with Crippen molar-refractivity contribution in [1.82, 2.24) is 4.57 Å². The summed E-state index contributed by atoms with van der Waals surface area (Å²) in [6.45, 7) is 7.70. The highest BCUT2D eigenvalue weighted by atomic mass is 32.1. The highest BCUT2D eigenvalue weighted by molar-refractivity contribution is 7.25. The van der Waals surface area contributed by atoms with Crippen molar-refractivity contribution in [3.8, 4) is 16.8 Å². The van der Waals surface area contributed by atoms with Crippen LogP contribution in [0.1, 0.15) is 27.7 Å². The van der Waals surface area contributed by atoms with Gasteiger partial charge in [0.15, 0.2) is 0 Å². The van der Waals surface area contributed by atoms with Gasteiger partial charge in [0.2, 0.25) is 0 Å². The Bertz CT molecular complexity index is 2070. The van der Waals surface area contributed by atoms with Gasteiger partial charge < -0.3 is 14.3 Å². The molecule has 42 heavy (non-hydrogen) atoms. The molecule has 7 rings (SSSR count). The van der Waals surface area contributed by atoms with Crippen LogP contribution < -0.4 is 5.46 Å². The molecular formula is C37H33BNO2S. The van der Waals surface area contributed by atoms with E-state index < -0.39 is 5.60 Å². The monoisotopic (exact) mass is 566 g/mol. The van der Waals surface area contributed by atoms with Gasteiger partial charge in [-0.3, -0.25) is 0 Å². The minimum Gasteiger partial charge on any atom is -0.431 e. The third-order valence-corrected chi connectivity index (χ3v) is 9.91. The first kappa shape index (κ1) is 27.0. The Hall–Kier alpha value is -3.90. The van der Waals surface area contributed by atoms with Crippen LogP contribution in [-0.4, -0.2) is 28.9 Å². The highest BCUT2D eigenvalue weighted by Gasteiger charge is 2.28. The molecule has 2 atom stereocenters. The van der Waals surface area contributed by atoms with Crippen LogP contribution in [0.4, 0.5) is 0 Å². The number of hydrogen-bond donors (Lipinski definition) is 1. The van der Waals surface area contributed by atoms with Crippen molar-refractivity contribution in [3.63, 3.8) is 0 Å². The Kier molecular flexibility index (Phi) is 6.70. The lowest BCUT2D eigenvalue weighted by atomic mass is 9.84. The zero-order valence-corrected chi connectivity index (χ0v) is 25.2. The molecule has 0 saturated carbocycles. The molecule has 2 heterocycles. The Morgan fingerprint density at radius 1 is 0.738 bits per heavy atom. The standard InChI is InChI=1S/C37H33BNO2S/c1-23(37(3,4)40)24(2)41-38-26-18-20-35-31(22-26)30-21-25(17-19-34(30)42-35)28-14-10-16-33-36(28)29-13-8-9-15-32(29)39(33)27-11-6-5-7-12-27/h5-24,40H,1-4H3/t23-,24?/m0/s1. The number of fused-ring (bicyclic) bond motifs is 6. The molecule has 0 spiro atoms. The van der Waals surface area contributed by atoms with Crippen LogP contribution in [-0.2, 0) is 4.65 Å². The maximum atomic E-state index is 10.4. The molecule has 0 aliphatic heterocycles. The zero-order valence-electron chi connectivity index (χ0n) is 24.3. The number of aromatic nitrogens is 1. The first-order chi connectivity index (χ1) is 20.3. The van der Waals surface area contributed by atoms with Crippen molar-refractivity contribution < 1.29 is 9.76 Å². The lowest BCUT2D eigenvalue weighted by molar-refractivity contribution is -0.0217. The molecule has 207 valence electrons. The van der Waals surface area contributed by atoms with Crippen molar-refractivity contribution in [2.75, 3.05) is 0 Å². The first-order valence-corrected chi connectivity index (χ1v) is 15.4. The summed E-state index contributed by atoms with van der Waals surface area (Å²) in [6, 6.07) is 39.3. The summed E-state index contributed by atoms with van der Waals surface area (Å²) in [6.07, 6.45) is -0.106. The molecule has 3 nitrogen and oxygen atoms in total. The largest absolute Gasteiger partial charge is 0.431 e. The van der Waals surface area contributed by atoms with E-state index in [4.69, 9.17) is 4.65 Å². The van der Waals surface area contributed by atoms with E-state index in [1.807, 2.05) is 46.5 Å². The van der Waals surface area contributed by atoms with E-state index in [1.165, 1.54) is 53.1 Å². The summed E-state index contributed by atoms with van der Waals surface area (Å²) in [4.78, 5) is 0. The smallest absolute Gasteiger partial charge is 0.330 e. The van der Waals surface area contributed by atoms with E-state index in [2.05, 4.69) is 114 Å². The van der Waals surface area contributed by atoms with Crippen molar-refractivity contribution in [1.29, 1.82) is 0 Å². The van der Waals surface area contributed by atoms with Gasteiger partial charge in [0.05, 0.1) is 16.6 Å². The predicted octanol–water partition coefficient (Wildman–Crippen LogP) is 8.88. The summed E-state index contributed by atoms with van der Waals surface area (Å²) in [5.41, 5.74) is 6.25. The molecule has 1 radical (unpaired) electrons. The molecule has 5 aromatic carbocycles. The molecule has 7 aromatic rings. The van der Waals surface area contributed by atoms with Crippen molar-refractivity contribution >= 4 is 66.3 Å².